The van der Waals surface area contributed by atoms with E-state index in [9.17, 15) is 14.7 Å². The Morgan fingerprint density at radius 2 is 1.61 bits per heavy atom. The number of rotatable bonds is 3. The van der Waals surface area contributed by atoms with Crippen LogP contribution in [0.5, 0.6) is 0 Å². The summed E-state index contributed by atoms with van der Waals surface area (Å²) in [4.78, 5) is 24.9. The van der Waals surface area contributed by atoms with E-state index in [0.29, 0.717) is 0 Å². The third kappa shape index (κ3) is 3.81. The predicted octanol–water partition coefficient (Wildman–Crippen LogP) is 3.90. The fourth-order valence-electron chi connectivity index (χ4n) is 3.37. The van der Waals surface area contributed by atoms with E-state index in [0.717, 1.165) is 22.8 Å². The zero-order chi connectivity index (χ0) is 20.9. The van der Waals surface area contributed by atoms with Crippen molar-refractivity contribution in [3.8, 4) is 5.69 Å². The summed E-state index contributed by atoms with van der Waals surface area (Å²) in [5.74, 6) is -1.71. The molecule has 0 bridgehead atoms. The summed E-state index contributed by atoms with van der Waals surface area (Å²) in [6, 6.07) is 9.76. The van der Waals surface area contributed by atoms with E-state index in [-0.39, 0.29) is 29.7 Å². The first kappa shape index (κ1) is 20.1. The van der Waals surface area contributed by atoms with Gasteiger partial charge in [-0.15, -0.1) is 0 Å². The molecule has 0 radical (unpaired) electrons. The average molecular weight is 383 g/mol. The second-order valence-corrected chi connectivity index (χ2v) is 9.59. The van der Waals surface area contributed by atoms with Gasteiger partial charge in [-0.3, -0.25) is 9.59 Å². The standard InChI is InChI=1S/C22H29N3O3/c1-21(2,3)17-12-18(22(4,5)6)25(23-17)16-9-7-15(8-10-16)24-13-14(20(27)28)11-19(24)26/h7-10,12,14H,11,13H2,1-6H3,(H,27,28)/t14-/m1/s1. The highest BCUT2D eigenvalue weighted by Gasteiger charge is 2.35. The maximum absolute atomic E-state index is 12.2. The molecule has 1 aromatic heterocycles. The minimum absolute atomic E-state index is 0.0549. The van der Waals surface area contributed by atoms with Gasteiger partial charge in [0, 0.05) is 35.2 Å². The number of carboxylic acids is 1. The molecule has 6 heteroatoms. The minimum atomic E-state index is -0.923. The van der Waals surface area contributed by atoms with Crippen molar-refractivity contribution in [1.82, 2.24) is 9.78 Å². The van der Waals surface area contributed by atoms with Crippen molar-refractivity contribution in [2.75, 3.05) is 11.4 Å². The number of carboxylic acid groups (broad SMARTS) is 1. The van der Waals surface area contributed by atoms with E-state index >= 15 is 0 Å². The van der Waals surface area contributed by atoms with E-state index in [1.54, 1.807) is 4.90 Å². The van der Waals surface area contributed by atoms with Crippen molar-refractivity contribution in [2.45, 2.75) is 58.8 Å². The Hall–Kier alpha value is -2.63. The first-order chi connectivity index (χ1) is 12.9. The highest BCUT2D eigenvalue weighted by Crippen LogP contribution is 2.32. The summed E-state index contributed by atoms with van der Waals surface area (Å²) < 4.78 is 1.97. The molecule has 0 spiro atoms. The molecule has 1 atom stereocenters. The van der Waals surface area contributed by atoms with Crippen LogP contribution in [0, 0.1) is 5.92 Å². The molecule has 0 unspecified atom stereocenters. The number of aromatic nitrogens is 2. The van der Waals surface area contributed by atoms with E-state index in [4.69, 9.17) is 5.10 Å². The predicted molar refractivity (Wildman–Crippen MR) is 109 cm³/mol. The van der Waals surface area contributed by atoms with Gasteiger partial charge >= 0.3 is 5.97 Å². The summed E-state index contributed by atoms with van der Waals surface area (Å²) in [5, 5.41) is 14.0. The van der Waals surface area contributed by atoms with Crippen molar-refractivity contribution >= 4 is 17.6 Å². The summed E-state index contributed by atoms with van der Waals surface area (Å²) in [6.45, 7) is 13.1. The van der Waals surface area contributed by atoms with Crippen LogP contribution in [0.1, 0.15) is 59.4 Å². The van der Waals surface area contributed by atoms with E-state index < -0.39 is 11.9 Å². The highest BCUT2D eigenvalue weighted by molar-refractivity contribution is 5.99. The van der Waals surface area contributed by atoms with Crippen molar-refractivity contribution in [3.05, 3.63) is 41.7 Å². The quantitative estimate of drug-likeness (QED) is 0.872. The number of benzene rings is 1. The average Bonchev–Trinajstić information content (AvgIpc) is 3.18. The molecule has 1 aromatic carbocycles. The Labute approximate surface area is 166 Å². The smallest absolute Gasteiger partial charge is 0.308 e. The van der Waals surface area contributed by atoms with Gasteiger partial charge in [0.15, 0.2) is 0 Å². The Morgan fingerprint density at radius 3 is 2.07 bits per heavy atom. The largest absolute Gasteiger partial charge is 0.481 e. The number of hydrogen-bond acceptors (Lipinski definition) is 3. The van der Waals surface area contributed by atoms with Gasteiger partial charge in [-0.1, -0.05) is 41.5 Å². The molecule has 1 amide bonds. The summed E-state index contributed by atoms with van der Waals surface area (Å²) >= 11 is 0. The normalized spacial score (nSPS) is 18.0. The van der Waals surface area contributed by atoms with Crippen LogP contribution >= 0.6 is 0 Å². The molecular weight excluding hydrogens is 354 g/mol. The highest BCUT2D eigenvalue weighted by atomic mass is 16.4. The van der Waals surface area contributed by atoms with Crippen LogP contribution in [0.2, 0.25) is 0 Å². The van der Waals surface area contributed by atoms with Crippen molar-refractivity contribution in [2.24, 2.45) is 5.92 Å². The lowest BCUT2D eigenvalue weighted by molar-refractivity contribution is -0.141. The molecule has 1 N–H and O–H groups in total. The van der Waals surface area contributed by atoms with Gasteiger partial charge in [-0.05, 0) is 30.3 Å². The van der Waals surface area contributed by atoms with Gasteiger partial charge in [0.05, 0.1) is 17.3 Å². The number of carbonyl (C=O) groups is 2. The molecule has 28 heavy (non-hydrogen) atoms. The molecule has 2 aromatic rings. The molecule has 2 heterocycles. The summed E-state index contributed by atoms with van der Waals surface area (Å²) in [6.07, 6.45) is 0.0549. The third-order valence-corrected chi connectivity index (χ3v) is 5.13. The monoisotopic (exact) mass is 383 g/mol. The molecular formula is C22H29N3O3. The number of hydrogen-bond donors (Lipinski definition) is 1. The first-order valence-electron chi connectivity index (χ1n) is 9.62. The Morgan fingerprint density at radius 1 is 1.04 bits per heavy atom. The zero-order valence-corrected chi connectivity index (χ0v) is 17.5. The lowest BCUT2D eigenvalue weighted by Gasteiger charge is -2.21. The number of carbonyl (C=O) groups excluding carboxylic acids is 1. The number of nitrogens with zero attached hydrogens (tertiary/aromatic N) is 3. The number of aliphatic carboxylic acids is 1. The maximum atomic E-state index is 12.2. The van der Waals surface area contributed by atoms with Crippen LogP contribution in [0.4, 0.5) is 5.69 Å². The fraction of sp³-hybridized carbons (Fsp3) is 0.500. The van der Waals surface area contributed by atoms with E-state index in [1.807, 2.05) is 28.9 Å². The van der Waals surface area contributed by atoms with Gasteiger partial charge in [-0.25, -0.2) is 4.68 Å². The summed E-state index contributed by atoms with van der Waals surface area (Å²) in [7, 11) is 0. The van der Waals surface area contributed by atoms with Crippen LogP contribution in [0.3, 0.4) is 0 Å². The topological polar surface area (TPSA) is 75.4 Å². The lowest BCUT2D eigenvalue weighted by Crippen LogP contribution is -2.25. The van der Waals surface area contributed by atoms with Gasteiger partial charge in [0.2, 0.25) is 5.91 Å². The second-order valence-electron chi connectivity index (χ2n) is 9.59. The fourth-order valence-corrected chi connectivity index (χ4v) is 3.37. The van der Waals surface area contributed by atoms with E-state index in [1.165, 1.54) is 0 Å². The van der Waals surface area contributed by atoms with Crippen LogP contribution in [0.15, 0.2) is 30.3 Å². The summed E-state index contributed by atoms with van der Waals surface area (Å²) in [5.41, 5.74) is 3.66. The number of amides is 1. The van der Waals surface area contributed by atoms with Crippen LogP contribution in [-0.2, 0) is 20.4 Å². The van der Waals surface area contributed by atoms with Gasteiger partial charge in [0.25, 0.3) is 0 Å². The molecule has 0 aliphatic carbocycles. The van der Waals surface area contributed by atoms with Crippen molar-refractivity contribution in [1.29, 1.82) is 0 Å². The van der Waals surface area contributed by atoms with Crippen LogP contribution in [0.25, 0.3) is 5.69 Å². The third-order valence-electron chi connectivity index (χ3n) is 5.13. The zero-order valence-electron chi connectivity index (χ0n) is 17.5. The second kappa shape index (κ2) is 6.76. The lowest BCUT2D eigenvalue weighted by atomic mass is 9.88. The van der Waals surface area contributed by atoms with Crippen LogP contribution in [-0.4, -0.2) is 33.3 Å². The molecule has 1 fully saturated rings. The Bertz CT molecular complexity index is 899. The molecule has 3 rings (SSSR count). The molecule has 1 aliphatic heterocycles. The molecule has 1 saturated heterocycles. The van der Waals surface area contributed by atoms with Crippen molar-refractivity contribution in [3.63, 3.8) is 0 Å². The minimum Gasteiger partial charge on any atom is -0.481 e. The molecule has 6 nitrogen and oxygen atoms in total. The van der Waals surface area contributed by atoms with Gasteiger partial charge < -0.3 is 10.0 Å². The first-order valence-corrected chi connectivity index (χ1v) is 9.62. The molecule has 1 aliphatic rings. The maximum Gasteiger partial charge on any atom is 0.308 e. The van der Waals surface area contributed by atoms with Gasteiger partial charge in [0.1, 0.15) is 0 Å². The Kier molecular flexibility index (Phi) is 4.86. The molecule has 0 saturated carbocycles. The number of anilines is 1. The Balaban J connectivity index is 1.95. The van der Waals surface area contributed by atoms with Gasteiger partial charge in [-0.2, -0.15) is 5.10 Å². The van der Waals surface area contributed by atoms with Crippen LogP contribution < -0.4 is 4.90 Å². The molecule has 150 valence electrons. The van der Waals surface area contributed by atoms with E-state index in [2.05, 4.69) is 47.6 Å². The SMILES string of the molecule is CC(C)(C)c1cc(C(C)(C)C)n(-c2ccc(N3C[C@H](C(=O)O)CC3=O)cc2)n1. The van der Waals surface area contributed by atoms with Crippen molar-refractivity contribution < 1.29 is 14.7 Å².